The standard InChI is InChI=1S/C20H17Cl2NO3/c1-25-19-9-6-15(11-18(19)22)20(24)23(13-17-3-2-10-26-17)12-14-4-7-16(21)8-5-14/h2-11H,12-13H2,1H3. The number of benzene rings is 2. The van der Waals surface area contributed by atoms with E-state index in [1.165, 1.54) is 7.11 Å². The van der Waals surface area contributed by atoms with Gasteiger partial charge in [0.2, 0.25) is 0 Å². The Morgan fingerprint density at radius 2 is 1.85 bits per heavy atom. The average Bonchev–Trinajstić information content (AvgIpc) is 3.15. The summed E-state index contributed by atoms with van der Waals surface area (Å²) in [5.41, 5.74) is 1.45. The molecule has 0 spiro atoms. The third-order valence-electron chi connectivity index (χ3n) is 3.90. The van der Waals surface area contributed by atoms with Gasteiger partial charge in [-0.3, -0.25) is 4.79 Å². The largest absolute Gasteiger partial charge is 0.495 e. The van der Waals surface area contributed by atoms with Crippen LogP contribution >= 0.6 is 23.2 Å². The van der Waals surface area contributed by atoms with E-state index in [0.29, 0.717) is 40.2 Å². The van der Waals surface area contributed by atoms with Gasteiger partial charge in [-0.1, -0.05) is 35.3 Å². The molecule has 3 rings (SSSR count). The van der Waals surface area contributed by atoms with Crippen LogP contribution in [-0.4, -0.2) is 17.9 Å². The molecule has 0 fully saturated rings. The van der Waals surface area contributed by atoms with Gasteiger partial charge < -0.3 is 14.1 Å². The molecule has 0 unspecified atom stereocenters. The lowest BCUT2D eigenvalue weighted by atomic mass is 10.1. The Morgan fingerprint density at radius 1 is 1.08 bits per heavy atom. The molecule has 0 aliphatic heterocycles. The monoisotopic (exact) mass is 389 g/mol. The number of carbonyl (C=O) groups excluding carboxylic acids is 1. The summed E-state index contributed by atoms with van der Waals surface area (Å²) in [6, 6.07) is 16.0. The van der Waals surface area contributed by atoms with Crippen LogP contribution in [0.2, 0.25) is 10.0 Å². The second-order valence-corrected chi connectivity index (χ2v) is 6.56. The summed E-state index contributed by atoms with van der Waals surface area (Å²) in [7, 11) is 1.53. The molecule has 0 N–H and O–H groups in total. The fourth-order valence-corrected chi connectivity index (χ4v) is 2.97. The summed E-state index contributed by atoms with van der Waals surface area (Å²) in [6.45, 7) is 0.762. The molecule has 4 nitrogen and oxygen atoms in total. The zero-order chi connectivity index (χ0) is 18.5. The fourth-order valence-electron chi connectivity index (χ4n) is 2.58. The number of rotatable bonds is 6. The Kier molecular flexibility index (Phi) is 5.86. The summed E-state index contributed by atoms with van der Waals surface area (Å²) < 4.78 is 10.6. The molecule has 6 heteroatoms. The summed E-state index contributed by atoms with van der Waals surface area (Å²) in [6.07, 6.45) is 1.59. The van der Waals surface area contributed by atoms with E-state index in [0.717, 1.165) is 5.56 Å². The second-order valence-electron chi connectivity index (χ2n) is 5.72. The summed E-state index contributed by atoms with van der Waals surface area (Å²) in [5, 5.41) is 1.04. The lowest BCUT2D eigenvalue weighted by Crippen LogP contribution is -2.30. The Balaban J connectivity index is 1.87. The van der Waals surface area contributed by atoms with Crippen molar-refractivity contribution in [2.24, 2.45) is 0 Å². The molecular weight excluding hydrogens is 373 g/mol. The molecule has 0 radical (unpaired) electrons. The van der Waals surface area contributed by atoms with Crippen LogP contribution in [0.4, 0.5) is 0 Å². The van der Waals surface area contributed by atoms with Crippen LogP contribution in [0, 0.1) is 0 Å². The Bertz CT molecular complexity index is 877. The zero-order valence-corrected chi connectivity index (χ0v) is 15.6. The van der Waals surface area contributed by atoms with Crippen molar-refractivity contribution in [3.8, 4) is 5.75 Å². The summed E-state index contributed by atoms with van der Waals surface area (Å²) in [4.78, 5) is 14.7. The van der Waals surface area contributed by atoms with Crippen molar-refractivity contribution in [3.63, 3.8) is 0 Å². The third-order valence-corrected chi connectivity index (χ3v) is 4.45. The predicted molar refractivity (Wildman–Crippen MR) is 102 cm³/mol. The van der Waals surface area contributed by atoms with Crippen LogP contribution in [-0.2, 0) is 13.1 Å². The van der Waals surface area contributed by atoms with E-state index in [1.54, 1.807) is 47.6 Å². The number of ether oxygens (including phenoxy) is 1. The van der Waals surface area contributed by atoms with Crippen molar-refractivity contribution < 1.29 is 13.9 Å². The van der Waals surface area contributed by atoms with Crippen molar-refractivity contribution in [2.45, 2.75) is 13.1 Å². The topological polar surface area (TPSA) is 42.7 Å². The maximum atomic E-state index is 13.1. The summed E-state index contributed by atoms with van der Waals surface area (Å²) in [5.74, 6) is 1.08. The van der Waals surface area contributed by atoms with Crippen molar-refractivity contribution >= 4 is 29.1 Å². The first kappa shape index (κ1) is 18.4. The molecule has 134 valence electrons. The van der Waals surface area contributed by atoms with Gasteiger partial charge in [0, 0.05) is 17.1 Å². The van der Waals surface area contributed by atoms with Gasteiger partial charge in [0.25, 0.3) is 5.91 Å². The normalized spacial score (nSPS) is 10.6. The maximum absolute atomic E-state index is 13.1. The average molecular weight is 390 g/mol. The molecule has 0 atom stereocenters. The van der Waals surface area contributed by atoms with E-state index in [4.69, 9.17) is 32.4 Å². The van der Waals surface area contributed by atoms with Crippen molar-refractivity contribution in [3.05, 3.63) is 87.8 Å². The molecule has 1 heterocycles. The lowest BCUT2D eigenvalue weighted by molar-refractivity contribution is 0.0717. The molecule has 0 bridgehead atoms. The summed E-state index contributed by atoms with van der Waals surface area (Å²) >= 11 is 12.1. The van der Waals surface area contributed by atoms with Gasteiger partial charge in [-0.05, 0) is 48.0 Å². The number of nitrogens with zero attached hydrogens (tertiary/aromatic N) is 1. The van der Waals surface area contributed by atoms with Crippen LogP contribution in [0.5, 0.6) is 5.75 Å². The maximum Gasteiger partial charge on any atom is 0.254 e. The fraction of sp³-hybridized carbons (Fsp3) is 0.150. The number of amides is 1. The highest BCUT2D eigenvalue weighted by molar-refractivity contribution is 6.32. The van der Waals surface area contributed by atoms with Gasteiger partial charge in [-0.15, -0.1) is 0 Å². The zero-order valence-electron chi connectivity index (χ0n) is 14.1. The second kappa shape index (κ2) is 8.30. The van der Waals surface area contributed by atoms with E-state index >= 15 is 0 Å². The van der Waals surface area contributed by atoms with Crippen LogP contribution in [0.25, 0.3) is 0 Å². The first-order chi connectivity index (χ1) is 12.6. The molecule has 0 aliphatic carbocycles. The van der Waals surface area contributed by atoms with E-state index in [9.17, 15) is 4.79 Å². The smallest absolute Gasteiger partial charge is 0.254 e. The highest BCUT2D eigenvalue weighted by Gasteiger charge is 2.19. The Hall–Kier alpha value is -2.43. The van der Waals surface area contributed by atoms with Gasteiger partial charge in [-0.2, -0.15) is 0 Å². The SMILES string of the molecule is COc1ccc(C(=O)N(Cc2ccc(Cl)cc2)Cc2ccco2)cc1Cl. The quantitative estimate of drug-likeness (QED) is 0.563. The minimum atomic E-state index is -0.152. The van der Waals surface area contributed by atoms with Crippen molar-refractivity contribution in [2.75, 3.05) is 7.11 Å². The third kappa shape index (κ3) is 4.40. The Labute approximate surface area is 161 Å². The predicted octanol–water partition coefficient (Wildman–Crippen LogP) is 5.44. The number of hydrogen-bond donors (Lipinski definition) is 0. The van der Waals surface area contributed by atoms with Crippen LogP contribution in [0.1, 0.15) is 21.7 Å². The molecule has 1 aromatic heterocycles. The van der Waals surface area contributed by atoms with E-state index in [-0.39, 0.29) is 5.91 Å². The molecule has 3 aromatic rings. The van der Waals surface area contributed by atoms with Gasteiger partial charge >= 0.3 is 0 Å². The molecule has 2 aromatic carbocycles. The minimum absolute atomic E-state index is 0.152. The van der Waals surface area contributed by atoms with Crippen LogP contribution in [0.15, 0.2) is 65.3 Å². The number of methoxy groups -OCH3 is 1. The van der Waals surface area contributed by atoms with Gasteiger partial charge in [0.1, 0.15) is 11.5 Å². The molecule has 0 saturated carbocycles. The van der Waals surface area contributed by atoms with Gasteiger partial charge in [0.15, 0.2) is 0 Å². The molecule has 26 heavy (non-hydrogen) atoms. The van der Waals surface area contributed by atoms with E-state index in [2.05, 4.69) is 0 Å². The van der Waals surface area contributed by atoms with Gasteiger partial charge in [-0.25, -0.2) is 0 Å². The number of carbonyl (C=O) groups is 1. The highest BCUT2D eigenvalue weighted by atomic mass is 35.5. The van der Waals surface area contributed by atoms with Gasteiger partial charge in [0.05, 0.1) is 24.9 Å². The van der Waals surface area contributed by atoms with Crippen molar-refractivity contribution in [1.29, 1.82) is 0 Å². The number of furan rings is 1. The molecule has 1 amide bonds. The number of hydrogen-bond acceptors (Lipinski definition) is 3. The number of halogens is 2. The lowest BCUT2D eigenvalue weighted by Gasteiger charge is -2.22. The van der Waals surface area contributed by atoms with Crippen LogP contribution < -0.4 is 4.74 Å². The van der Waals surface area contributed by atoms with E-state index < -0.39 is 0 Å². The minimum Gasteiger partial charge on any atom is -0.495 e. The van der Waals surface area contributed by atoms with Crippen molar-refractivity contribution in [1.82, 2.24) is 4.90 Å². The van der Waals surface area contributed by atoms with Crippen LogP contribution in [0.3, 0.4) is 0 Å². The first-order valence-electron chi connectivity index (χ1n) is 7.96. The molecule has 0 saturated heterocycles. The molecule has 0 aliphatic rings. The highest BCUT2D eigenvalue weighted by Crippen LogP contribution is 2.26. The first-order valence-corrected chi connectivity index (χ1v) is 8.72. The van der Waals surface area contributed by atoms with E-state index in [1.807, 2.05) is 18.2 Å². The Morgan fingerprint density at radius 3 is 2.46 bits per heavy atom. The molecular formula is C20H17Cl2NO3.